The van der Waals surface area contributed by atoms with Crippen LogP contribution in [0.4, 0.5) is 0 Å². The summed E-state index contributed by atoms with van der Waals surface area (Å²) in [7, 11) is 0. The summed E-state index contributed by atoms with van der Waals surface area (Å²) in [5.41, 5.74) is 2.97. The summed E-state index contributed by atoms with van der Waals surface area (Å²) >= 11 is 3.61. The van der Waals surface area contributed by atoms with Crippen LogP contribution in [0, 0.1) is 12.8 Å². The maximum absolute atomic E-state index is 6.10. The number of benzene rings is 1. The van der Waals surface area contributed by atoms with Crippen molar-refractivity contribution in [3.05, 3.63) is 33.8 Å². The number of hydrogen-bond acceptors (Lipinski definition) is 2. The van der Waals surface area contributed by atoms with Crippen molar-refractivity contribution in [2.75, 3.05) is 13.2 Å². The Balaban J connectivity index is 1.81. The Morgan fingerprint density at radius 3 is 2.86 bits per heavy atom. The SMILES string of the molecule is CCNC(c1ccc(Br)c(C)c1)C1CCOC2(CCC2)C1. The third-order valence-corrected chi connectivity index (χ3v) is 6.12. The molecule has 0 radical (unpaired) electrons. The molecule has 116 valence electrons. The van der Waals surface area contributed by atoms with Crippen molar-refractivity contribution in [2.24, 2.45) is 5.92 Å². The molecule has 2 unspecified atom stereocenters. The maximum Gasteiger partial charge on any atom is 0.0686 e. The summed E-state index contributed by atoms with van der Waals surface area (Å²) in [6.07, 6.45) is 6.27. The van der Waals surface area contributed by atoms with E-state index in [0.29, 0.717) is 12.0 Å². The normalized spacial score (nSPS) is 25.6. The average Bonchev–Trinajstić information content (AvgIpc) is 2.46. The third kappa shape index (κ3) is 3.20. The molecule has 1 saturated carbocycles. The molecule has 0 bridgehead atoms. The molecule has 1 aromatic carbocycles. The zero-order chi connectivity index (χ0) is 14.9. The van der Waals surface area contributed by atoms with Gasteiger partial charge < -0.3 is 10.1 Å². The minimum atomic E-state index is 0.223. The van der Waals surface area contributed by atoms with Gasteiger partial charge in [-0.2, -0.15) is 0 Å². The van der Waals surface area contributed by atoms with Gasteiger partial charge in [0.2, 0.25) is 0 Å². The zero-order valence-corrected chi connectivity index (χ0v) is 14.7. The molecule has 1 aliphatic carbocycles. The van der Waals surface area contributed by atoms with Crippen LogP contribution in [0.2, 0.25) is 0 Å². The number of rotatable bonds is 4. The van der Waals surface area contributed by atoms with Crippen molar-refractivity contribution in [1.29, 1.82) is 0 Å². The molecule has 1 aliphatic heterocycles. The van der Waals surface area contributed by atoms with Crippen LogP contribution in [0.25, 0.3) is 0 Å². The van der Waals surface area contributed by atoms with Crippen molar-refractivity contribution in [1.82, 2.24) is 5.32 Å². The van der Waals surface area contributed by atoms with E-state index in [1.807, 2.05) is 0 Å². The smallest absolute Gasteiger partial charge is 0.0686 e. The molecule has 2 nitrogen and oxygen atoms in total. The first-order valence-electron chi connectivity index (χ1n) is 8.27. The van der Waals surface area contributed by atoms with Crippen LogP contribution < -0.4 is 5.32 Å². The van der Waals surface area contributed by atoms with Gasteiger partial charge in [0.05, 0.1) is 5.60 Å². The number of nitrogens with one attached hydrogen (secondary N) is 1. The van der Waals surface area contributed by atoms with Gasteiger partial charge in [-0.25, -0.2) is 0 Å². The van der Waals surface area contributed by atoms with E-state index >= 15 is 0 Å². The van der Waals surface area contributed by atoms with Gasteiger partial charge in [-0.3, -0.25) is 0 Å². The van der Waals surface area contributed by atoms with Crippen LogP contribution in [0.15, 0.2) is 22.7 Å². The van der Waals surface area contributed by atoms with Crippen molar-refractivity contribution in [2.45, 2.75) is 57.6 Å². The molecule has 0 amide bonds. The Kier molecular flexibility index (Phi) is 4.72. The maximum atomic E-state index is 6.10. The molecule has 1 spiro atoms. The molecule has 0 aromatic heterocycles. The van der Waals surface area contributed by atoms with Gasteiger partial charge in [0.25, 0.3) is 0 Å². The van der Waals surface area contributed by atoms with E-state index in [9.17, 15) is 0 Å². The van der Waals surface area contributed by atoms with Gasteiger partial charge >= 0.3 is 0 Å². The van der Waals surface area contributed by atoms with Crippen LogP contribution >= 0.6 is 15.9 Å². The molecule has 2 atom stereocenters. The summed E-state index contributed by atoms with van der Waals surface area (Å²) in [6.45, 7) is 6.33. The summed E-state index contributed by atoms with van der Waals surface area (Å²) in [6, 6.07) is 7.25. The van der Waals surface area contributed by atoms with Crippen LogP contribution in [-0.2, 0) is 4.74 Å². The molecule has 2 fully saturated rings. The summed E-state index contributed by atoms with van der Waals surface area (Å²) in [4.78, 5) is 0. The molecule has 1 aromatic rings. The van der Waals surface area contributed by atoms with Gasteiger partial charge in [0, 0.05) is 17.1 Å². The molecule has 21 heavy (non-hydrogen) atoms. The van der Waals surface area contributed by atoms with E-state index < -0.39 is 0 Å². The summed E-state index contributed by atoms with van der Waals surface area (Å²) in [5.74, 6) is 0.694. The van der Waals surface area contributed by atoms with Crippen LogP contribution in [0.1, 0.15) is 56.2 Å². The van der Waals surface area contributed by atoms with Crippen molar-refractivity contribution < 1.29 is 4.74 Å². The zero-order valence-electron chi connectivity index (χ0n) is 13.1. The lowest BCUT2D eigenvalue weighted by atomic mass is 9.69. The predicted molar refractivity (Wildman–Crippen MR) is 90.6 cm³/mol. The Bertz CT molecular complexity index is 498. The van der Waals surface area contributed by atoms with Gasteiger partial charge in [-0.15, -0.1) is 0 Å². The van der Waals surface area contributed by atoms with E-state index in [1.54, 1.807) is 0 Å². The van der Waals surface area contributed by atoms with Gasteiger partial charge in [0.15, 0.2) is 0 Å². The lowest BCUT2D eigenvalue weighted by Gasteiger charge is -2.49. The molecule has 1 heterocycles. The second kappa shape index (κ2) is 6.39. The summed E-state index contributed by atoms with van der Waals surface area (Å²) in [5, 5.41) is 3.73. The number of ether oxygens (including phenoxy) is 1. The largest absolute Gasteiger partial charge is 0.375 e. The Hall–Kier alpha value is -0.380. The number of aryl methyl sites for hydroxylation is 1. The first-order chi connectivity index (χ1) is 10.1. The van der Waals surface area contributed by atoms with E-state index in [4.69, 9.17) is 4.74 Å². The Morgan fingerprint density at radius 1 is 1.43 bits per heavy atom. The number of halogens is 1. The fourth-order valence-corrected chi connectivity index (χ4v) is 4.15. The van der Waals surface area contributed by atoms with E-state index in [-0.39, 0.29) is 5.60 Å². The molecule has 2 aliphatic rings. The van der Waals surface area contributed by atoms with Gasteiger partial charge in [-0.1, -0.05) is 35.0 Å². The van der Waals surface area contributed by atoms with E-state index in [1.165, 1.54) is 47.7 Å². The first-order valence-corrected chi connectivity index (χ1v) is 9.06. The first kappa shape index (κ1) is 15.5. The minimum Gasteiger partial charge on any atom is -0.375 e. The van der Waals surface area contributed by atoms with Crippen LogP contribution in [0.3, 0.4) is 0 Å². The number of hydrogen-bond donors (Lipinski definition) is 1. The Labute approximate surface area is 136 Å². The lowest BCUT2D eigenvalue weighted by Crippen LogP contribution is -2.48. The molecule has 3 rings (SSSR count). The summed E-state index contributed by atoms with van der Waals surface area (Å²) < 4.78 is 7.30. The van der Waals surface area contributed by atoms with Crippen LogP contribution in [0.5, 0.6) is 0 Å². The molecule has 1 saturated heterocycles. The highest BCUT2D eigenvalue weighted by atomic mass is 79.9. The quantitative estimate of drug-likeness (QED) is 0.844. The topological polar surface area (TPSA) is 21.3 Å². The monoisotopic (exact) mass is 351 g/mol. The molecule has 3 heteroatoms. The lowest BCUT2D eigenvalue weighted by molar-refractivity contribution is -0.147. The fourth-order valence-electron chi connectivity index (χ4n) is 3.91. The Morgan fingerprint density at radius 2 is 2.24 bits per heavy atom. The average molecular weight is 352 g/mol. The van der Waals surface area contributed by atoms with E-state index in [0.717, 1.165) is 13.2 Å². The third-order valence-electron chi connectivity index (χ3n) is 5.23. The van der Waals surface area contributed by atoms with Gasteiger partial charge in [-0.05, 0) is 68.7 Å². The van der Waals surface area contributed by atoms with Gasteiger partial charge in [0.1, 0.15) is 0 Å². The highest BCUT2D eigenvalue weighted by molar-refractivity contribution is 9.10. The highest BCUT2D eigenvalue weighted by Gasteiger charge is 2.44. The second-order valence-electron chi connectivity index (χ2n) is 6.68. The van der Waals surface area contributed by atoms with Crippen molar-refractivity contribution in [3.63, 3.8) is 0 Å². The van der Waals surface area contributed by atoms with Crippen molar-refractivity contribution >= 4 is 15.9 Å². The standard InChI is InChI=1S/C18H26BrNO/c1-3-20-17(14-5-6-16(19)13(2)11-14)15-7-10-21-18(12-15)8-4-9-18/h5-6,11,15,17,20H,3-4,7-10,12H2,1-2H3. The molecular formula is C18H26BrNO. The molecular weight excluding hydrogens is 326 g/mol. The predicted octanol–water partition coefficient (Wildman–Crippen LogP) is 4.76. The van der Waals surface area contributed by atoms with Crippen LogP contribution in [-0.4, -0.2) is 18.8 Å². The highest BCUT2D eigenvalue weighted by Crippen LogP contribution is 2.47. The minimum absolute atomic E-state index is 0.223. The second-order valence-corrected chi connectivity index (χ2v) is 7.54. The van der Waals surface area contributed by atoms with E-state index in [2.05, 4.69) is 53.3 Å². The molecule has 1 N–H and O–H groups in total. The fraction of sp³-hybridized carbons (Fsp3) is 0.667. The van der Waals surface area contributed by atoms with Crippen molar-refractivity contribution in [3.8, 4) is 0 Å².